The number of rotatable bonds is 12. The maximum atomic E-state index is 13.3. The molecular formula is C32H37N3O9. The average Bonchev–Trinajstić information content (AvgIpc) is 3.42. The van der Waals surface area contributed by atoms with Gasteiger partial charge in [-0.05, 0) is 67.4 Å². The van der Waals surface area contributed by atoms with Crippen molar-refractivity contribution in [3.05, 3.63) is 71.3 Å². The SMILES string of the molecule is COc1ccc(C(=O)NC2CC(NC(=O)c3ccc(OC)c(OC)c3)C(NC(=O)c3ccc(OC)c(OC)c3)C2)cc1OC. The van der Waals surface area contributed by atoms with E-state index in [2.05, 4.69) is 16.0 Å². The molecule has 0 radical (unpaired) electrons. The molecule has 1 aliphatic carbocycles. The predicted octanol–water partition coefficient (Wildman–Crippen LogP) is 3.23. The van der Waals surface area contributed by atoms with Gasteiger partial charge in [0.05, 0.1) is 54.7 Å². The van der Waals surface area contributed by atoms with Crippen LogP contribution in [-0.4, -0.2) is 78.5 Å². The molecule has 3 N–H and O–H groups in total. The van der Waals surface area contributed by atoms with Crippen molar-refractivity contribution < 1.29 is 42.8 Å². The van der Waals surface area contributed by atoms with Gasteiger partial charge in [0, 0.05) is 22.7 Å². The molecular weight excluding hydrogens is 570 g/mol. The molecule has 1 aliphatic rings. The predicted molar refractivity (Wildman–Crippen MR) is 162 cm³/mol. The third-order valence-electron chi connectivity index (χ3n) is 7.47. The molecule has 2 unspecified atom stereocenters. The third-order valence-corrected chi connectivity index (χ3v) is 7.47. The van der Waals surface area contributed by atoms with Crippen LogP contribution >= 0.6 is 0 Å². The van der Waals surface area contributed by atoms with Gasteiger partial charge in [0.25, 0.3) is 17.7 Å². The summed E-state index contributed by atoms with van der Waals surface area (Å²) in [6, 6.07) is 13.2. The van der Waals surface area contributed by atoms with E-state index in [0.29, 0.717) is 64.0 Å². The zero-order valence-electron chi connectivity index (χ0n) is 25.5. The van der Waals surface area contributed by atoms with E-state index in [4.69, 9.17) is 28.4 Å². The lowest BCUT2D eigenvalue weighted by molar-refractivity contribution is 0.0891. The summed E-state index contributed by atoms with van der Waals surface area (Å²) >= 11 is 0. The number of carbonyl (C=O) groups excluding carboxylic acids is 3. The Morgan fingerprint density at radius 1 is 0.477 bits per heavy atom. The minimum atomic E-state index is -0.504. The van der Waals surface area contributed by atoms with Crippen molar-refractivity contribution in [1.29, 1.82) is 0 Å². The average molecular weight is 608 g/mol. The van der Waals surface area contributed by atoms with Crippen LogP contribution < -0.4 is 44.4 Å². The van der Waals surface area contributed by atoms with Crippen molar-refractivity contribution in [3.8, 4) is 34.5 Å². The lowest BCUT2D eigenvalue weighted by Crippen LogP contribution is -2.48. The molecule has 1 fully saturated rings. The van der Waals surface area contributed by atoms with E-state index < -0.39 is 12.1 Å². The monoisotopic (exact) mass is 607 g/mol. The maximum Gasteiger partial charge on any atom is 0.251 e. The van der Waals surface area contributed by atoms with Crippen LogP contribution in [0.3, 0.4) is 0 Å². The summed E-state index contributed by atoms with van der Waals surface area (Å²) < 4.78 is 31.8. The van der Waals surface area contributed by atoms with Crippen LogP contribution in [0.2, 0.25) is 0 Å². The molecule has 0 bridgehead atoms. The first kappa shape index (κ1) is 31.8. The lowest BCUT2D eigenvalue weighted by Gasteiger charge is -2.22. The van der Waals surface area contributed by atoms with Gasteiger partial charge in [0.2, 0.25) is 0 Å². The second-order valence-electron chi connectivity index (χ2n) is 10.0. The van der Waals surface area contributed by atoms with Gasteiger partial charge >= 0.3 is 0 Å². The van der Waals surface area contributed by atoms with Crippen LogP contribution in [0.5, 0.6) is 34.5 Å². The van der Waals surface area contributed by atoms with Gasteiger partial charge in [0.1, 0.15) is 0 Å². The Labute approximate surface area is 255 Å². The van der Waals surface area contributed by atoms with Crippen molar-refractivity contribution in [3.63, 3.8) is 0 Å². The number of hydrogen-bond donors (Lipinski definition) is 3. The van der Waals surface area contributed by atoms with Crippen LogP contribution in [0.15, 0.2) is 54.6 Å². The molecule has 3 aromatic carbocycles. The van der Waals surface area contributed by atoms with Gasteiger partial charge in [-0.3, -0.25) is 14.4 Å². The van der Waals surface area contributed by atoms with E-state index in [-0.39, 0.29) is 23.8 Å². The fraction of sp³-hybridized carbons (Fsp3) is 0.344. The van der Waals surface area contributed by atoms with Crippen molar-refractivity contribution in [2.24, 2.45) is 0 Å². The van der Waals surface area contributed by atoms with Crippen LogP contribution in [0, 0.1) is 0 Å². The van der Waals surface area contributed by atoms with Crippen LogP contribution in [0.4, 0.5) is 0 Å². The first-order chi connectivity index (χ1) is 21.2. The molecule has 234 valence electrons. The smallest absolute Gasteiger partial charge is 0.251 e. The van der Waals surface area contributed by atoms with Crippen molar-refractivity contribution >= 4 is 17.7 Å². The van der Waals surface area contributed by atoms with Crippen molar-refractivity contribution in [1.82, 2.24) is 16.0 Å². The summed E-state index contributed by atoms with van der Waals surface area (Å²) in [7, 11) is 9.01. The van der Waals surface area contributed by atoms with E-state index in [1.807, 2.05) is 0 Å². The number of amides is 3. The summed E-state index contributed by atoms with van der Waals surface area (Å²) in [5.41, 5.74) is 1.09. The zero-order chi connectivity index (χ0) is 31.8. The van der Waals surface area contributed by atoms with Gasteiger partial charge < -0.3 is 44.4 Å². The Morgan fingerprint density at radius 2 is 0.773 bits per heavy atom. The summed E-state index contributed by atoms with van der Waals surface area (Å²) in [6.45, 7) is 0. The van der Waals surface area contributed by atoms with Gasteiger partial charge in [-0.15, -0.1) is 0 Å². The second-order valence-corrected chi connectivity index (χ2v) is 10.0. The highest BCUT2D eigenvalue weighted by Crippen LogP contribution is 2.31. The Hall–Kier alpha value is -5.13. The van der Waals surface area contributed by atoms with E-state index >= 15 is 0 Å². The molecule has 12 heteroatoms. The number of ether oxygens (including phenoxy) is 6. The molecule has 0 heterocycles. The fourth-order valence-electron chi connectivity index (χ4n) is 5.18. The Bertz CT molecular complexity index is 1430. The summed E-state index contributed by atoms with van der Waals surface area (Å²) in [5, 5.41) is 9.08. The van der Waals surface area contributed by atoms with Crippen molar-refractivity contribution in [2.45, 2.75) is 31.0 Å². The minimum Gasteiger partial charge on any atom is -0.493 e. The molecule has 0 aliphatic heterocycles. The standard InChI is InChI=1S/C32H37N3O9/c1-39-24-10-7-18(13-27(24)42-4)30(36)33-21-16-22(34-31(37)19-8-11-25(40-2)28(14-19)43-5)23(17-21)35-32(38)20-9-12-26(41-3)29(15-20)44-6/h7-15,21-23H,16-17H2,1-6H3,(H,33,36)(H,34,37)(H,35,38). The topological polar surface area (TPSA) is 143 Å². The van der Waals surface area contributed by atoms with Gasteiger partial charge in [-0.1, -0.05) is 0 Å². The molecule has 1 saturated carbocycles. The maximum absolute atomic E-state index is 13.3. The molecule has 0 aromatic heterocycles. The summed E-state index contributed by atoms with van der Waals surface area (Å²) in [5.74, 6) is 1.65. The molecule has 3 amide bonds. The molecule has 44 heavy (non-hydrogen) atoms. The first-order valence-corrected chi connectivity index (χ1v) is 13.8. The first-order valence-electron chi connectivity index (χ1n) is 13.8. The molecule has 0 saturated heterocycles. The van der Waals surface area contributed by atoms with E-state index in [0.717, 1.165) is 0 Å². The summed E-state index contributed by atoms with van der Waals surface area (Å²) in [6.07, 6.45) is 0.740. The largest absolute Gasteiger partial charge is 0.493 e. The molecule has 2 atom stereocenters. The van der Waals surface area contributed by atoms with Crippen LogP contribution in [0.1, 0.15) is 43.9 Å². The Kier molecular flexibility index (Phi) is 10.4. The molecule has 12 nitrogen and oxygen atoms in total. The number of methoxy groups -OCH3 is 6. The molecule has 0 spiro atoms. The van der Waals surface area contributed by atoms with E-state index in [1.165, 1.54) is 42.7 Å². The van der Waals surface area contributed by atoms with Gasteiger partial charge in [-0.25, -0.2) is 0 Å². The number of carbonyl (C=O) groups is 3. The highest BCUT2D eigenvalue weighted by atomic mass is 16.5. The minimum absolute atomic E-state index is 0.326. The Morgan fingerprint density at radius 3 is 1.07 bits per heavy atom. The Balaban J connectivity index is 1.55. The number of nitrogens with one attached hydrogen (secondary N) is 3. The highest BCUT2D eigenvalue weighted by Gasteiger charge is 2.37. The summed E-state index contributed by atoms with van der Waals surface area (Å²) in [4.78, 5) is 39.9. The van der Waals surface area contributed by atoms with Crippen LogP contribution in [-0.2, 0) is 0 Å². The number of benzene rings is 3. The van der Waals surface area contributed by atoms with Gasteiger partial charge in [-0.2, -0.15) is 0 Å². The third kappa shape index (κ3) is 7.08. The van der Waals surface area contributed by atoms with Crippen molar-refractivity contribution in [2.75, 3.05) is 42.7 Å². The zero-order valence-corrected chi connectivity index (χ0v) is 25.5. The van der Waals surface area contributed by atoms with E-state index in [9.17, 15) is 14.4 Å². The van der Waals surface area contributed by atoms with Crippen LogP contribution in [0.25, 0.3) is 0 Å². The fourth-order valence-corrected chi connectivity index (χ4v) is 5.18. The second kappa shape index (κ2) is 14.4. The molecule has 4 rings (SSSR count). The van der Waals surface area contributed by atoms with E-state index in [1.54, 1.807) is 54.6 Å². The quantitative estimate of drug-likeness (QED) is 0.283. The molecule has 3 aromatic rings. The lowest BCUT2D eigenvalue weighted by atomic mass is 10.1. The normalized spacial score (nSPS) is 17.2. The number of hydrogen-bond acceptors (Lipinski definition) is 9. The highest BCUT2D eigenvalue weighted by molar-refractivity contribution is 5.97. The van der Waals surface area contributed by atoms with Gasteiger partial charge in [0.15, 0.2) is 34.5 Å².